The minimum atomic E-state index is -0.511. The fraction of sp³-hybridized carbons (Fsp3) is 0.412. The number of aromatic nitrogens is 3. The number of benzene rings is 1. The lowest BCUT2D eigenvalue weighted by atomic mass is 9.96. The number of rotatable bonds is 5. The highest BCUT2D eigenvalue weighted by Gasteiger charge is 2.21. The molecule has 1 unspecified atom stereocenters. The van der Waals surface area contributed by atoms with Gasteiger partial charge in [-0.05, 0) is 24.6 Å². The van der Waals surface area contributed by atoms with Crippen molar-refractivity contribution in [3.8, 4) is 5.69 Å². The molecule has 1 aromatic carbocycles. The molecule has 0 saturated carbocycles. The smallest absolute Gasteiger partial charge is 0.239 e. The van der Waals surface area contributed by atoms with Gasteiger partial charge in [0.1, 0.15) is 12.7 Å². The second-order valence-corrected chi connectivity index (χ2v) is 6.65. The summed E-state index contributed by atoms with van der Waals surface area (Å²) in [5.74, 6) is -0.372. The maximum atomic E-state index is 12.0. The van der Waals surface area contributed by atoms with E-state index in [0.29, 0.717) is 0 Å². The molecule has 24 heavy (non-hydrogen) atoms. The zero-order chi connectivity index (χ0) is 17.7. The Balaban J connectivity index is 1.89. The zero-order valence-corrected chi connectivity index (χ0v) is 14.4. The van der Waals surface area contributed by atoms with Gasteiger partial charge in [0, 0.05) is 5.41 Å². The van der Waals surface area contributed by atoms with E-state index >= 15 is 0 Å². The first-order valence-corrected chi connectivity index (χ1v) is 7.80. The van der Waals surface area contributed by atoms with Gasteiger partial charge in [0.05, 0.1) is 18.3 Å². The third-order valence-corrected chi connectivity index (χ3v) is 3.54. The van der Waals surface area contributed by atoms with Gasteiger partial charge in [-0.25, -0.2) is 9.67 Å². The van der Waals surface area contributed by atoms with Crippen molar-refractivity contribution in [2.24, 2.45) is 5.41 Å². The van der Waals surface area contributed by atoms with Crippen molar-refractivity contribution in [3.05, 3.63) is 42.5 Å². The maximum absolute atomic E-state index is 12.0. The average molecular weight is 329 g/mol. The molecule has 2 N–H and O–H groups in total. The second kappa shape index (κ2) is 7.25. The number of carbonyl (C=O) groups excluding carboxylic acids is 2. The van der Waals surface area contributed by atoms with Crippen LogP contribution in [0.15, 0.2) is 36.9 Å². The highest BCUT2D eigenvalue weighted by molar-refractivity contribution is 5.87. The maximum Gasteiger partial charge on any atom is 0.239 e. The van der Waals surface area contributed by atoms with Crippen molar-refractivity contribution in [1.29, 1.82) is 0 Å². The highest BCUT2D eigenvalue weighted by atomic mass is 16.2. The largest absolute Gasteiger partial charge is 0.348 e. The Morgan fingerprint density at radius 1 is 1.21 bits per heavy atom. The van der Waals surface area contributed by atoms with Crippen LogP contribution in [0.4, 0.5) is 0 Å². The standard InChI is InChI=1S/C17H23N5O2/c1-12(21-15(23)9-19-16(24)17(2,3)4)13-5-7-14(8-6-13)22-11-18-10-20-22/h5-8,10-12H,9H2,1-4H3,(H,19,24)(H,21,23). The summed E-state index contributed by atoms with van der Waals surface area (Å²) >= 11 is 0. The molecule has 7 heteroatoms. The third kappa shape index (κ3) is 4.65. The van der Waals surface area contributed by atoms with Crippen LogP contribution in [0, 0.1) is 5.41 Å². The molecule has 1 aromatic heterocycles. The fourth-order valence-electron chi connectivity index (χ4n) is 2.06. The molecule has 2 aromatic rings. The molecule has 2 rings (SSSR count). The van der Waals surface area contributed by atoms with E-state index in [4.69, 9.17) is 0 Å². The fourth-order valence-corrected chi connectivity index (χ4v) is 2.06. The molecule has 2 amide bonds. The Bertz CT molecular complexity index is 687. The van der Waals surface area contributed by atoms with Gasteiger partial charge in [-0.15, -0.1) is 0 Å². The lowest BCUT2D eigenvalue weighted by molar-refractivity contribution is -0.131. The zero-order valence-electron chi connectivity index (χ0n) is 14.4. The molecule has 0 aliphatic heterocycles. The lowest BCUT2D eigenvalue weighted by Crippen LogP contribution is -2.42. The molecular weight excluding hydrogens is 306 g/mol. The molecule has 7 nitrogen and oxygen atoms in total. The Hall–Kier alpha value is -2.70. The van der Waals surface area contributed by atoms with Crippen molar-refractivity contribution in [3.63, 3.8) is 0 Å². The second-order valence-electron chi connectivity index (χ2n) is 6.65. The molecule has 0 aliphatic carbocycles. The van der Waals surface area contributed by atoms with E-state index in [-0.39, 0.29) is 24.4 Å². The molecule has 0 aliphatic rings. The molecule has 0 fully saturated rings. The number of hydrogen-bond acceptors (Lipinski definition) is 4. The molecule has 0 radical (unpaired) electrons. The summed E-state index contributed by atoms with van der Waals surface area (Å²) in [7, 11) is 0. The highest BCUT2D eigenvalue weighted by Crippen LogP contribution is 2.15. The van der Waals surface area contributed by atoms with Gasteiger partial charge in [0.25, 0.3) is 0 Å². The van der Waals surface area contributed by atoms with Crippen molar-refractivity contribution in [2.45, 2.75) is 33.7 Å². The van der Waals surface area contributed by atoms with Crippen LogP contribution in [-0.2, 0) is 9.59 Å². The number of nitrogens with one attached hydrogen (secondary N) is 2. The first kappa shape index (κ1) is 17.7. The SMILES string of the molecule is CC(NC(=O)CNC(=O)C(C)(C)C)c1ccc(-n2cncn2)cc1. The Morgan fingerprint density at radius 2 is 1.88 bits per heavy atom. The summed E-state index contributed by atoms with van der Waals surface area (Å²) in [6.45, 7) is 7.28. The van der Waals surface area contributed by atoms with Crippen LogP contribution in [0.25, 0.3) is 5.69 Å². The number of hydrogen-bond donors (Lipinski definition) is 2. The topological polar surface area (TPSA) is 88.9 Å². The predicted molar refractivity (Wildman–Crippen MR) is 90.4 cm³/mol. The van der Waals surface area contributed by atoms with Crippen LogP contribution in [0.5, 0.6) is 0 Å². The van der Waals surface area contributed by atoms with E-state index in [9.17, 15) is 9.59 Å². The van der Waals surface area contributed by atoms with Gasteiger partial charge in [0.15, 0.2) is 0 Å². The molecular formula is C17H23N5O2. The first-order valence-electron chi connectivity index (χ1n) is 7.80. The Morgan fingerprint density at radius 3 is 2.42 bits per heavy atom. The van der Waals surface area contributed by atoms with Crippen LogP contribution in [0.3, 0.4) is 0 Å². The van der Waals surface area contributed by atoms with Crippen molar-refractivity contribution in [2.75, 3.05) is 6.54 Å². The minimum absolute atomic E-state index is 0.0303. The van der Waals surface area contributed by atoms with Gasteiger partial charge < -0.3 is 10.6 Å². The Labute approximate surface area is 141 Å². The van der Waals surface area contributed by atoms with Crippen LogP contribution in [0.2, 0.25) is 0 Å². The molecule has 0 spiro atoms. The first-order chi connectivity index (χ1) is 11.3. The third-order valence-electron chi connectivity index (χ3n) is 3.54. The molecule has 0 saturated heterocycles. The Kier molecular flexibility index (Phi) is 5.33. The normalized spacial score (nSPS) is 12.5. The predicted octanol–water partition coefficient (Wildman–Crippen LogP) is 1.61. The summed E-state index contributed by atoms with van der Waals surface area (Å²) in [5.41, 5.74) is 1.35. The lowest BCUT2D eigenvalue weighted by Gasteiger charge is -2.19. The number of carbonyl (C=O) groups is 2. The van der Waals surface area contributed by atoms with Gasteiger partial charge in [-0.3, -0.25) is 9.59 Å². The van der Waals surface area contributed by atoms with E-state index < -0.39 is 5.41 Å². The van der Waals surface area contributed by atoms with Crippen molar-refractivity contribution < 1.29 is 9.59 Å². The van der Waals surface area contributed by atoms with E-state index in [1.807, 2.05) is 31.2 Å². The number of amides is 2. The van der Waals surface area contributed by atoms with E-state index in [1.165, 1.54) is 6.33 Å². The average Bonchev–Trinajstić information content (AvgIpc) is 3.06. The van der Waals surface area contributed by atoms with Gasteiger partial charge in [-0.1, -0.05) is 32.9 Å². The van der Waals surface area contributed by atoms with Crippen molar-refractivity contribution >= 4 is 11.8 Å². The molecule has 1 heterocycles. The van der Waals surface area contributed by atoms with Crippen LogP contribution >= 0.6 is 0 Å². The minimum Gasteiger partial charge on any atom is -0.348 e. The molecule has 0 bridgehead atoms. The number of nitrogens with zero attached hydrogens (tertiary/aromatic N) is 3. The summed E-state index contributed by atoms with van der Waals surface area (Å²) < 4.78 is 1.66. The van der Waals surface area contributed by atoms with Gasteiger partial charge in [-0.2, -0.15) is 5.10 Å². The van der Waals surface area contributed by atoms with Crippen LogP contribution in [-0.4, -0.2) is 33.1 Å². The van der Waals surface area contributed by atoms with E-state index in [2.05, 4.69) is 20.7 Å². The summed E-state index contributed by atoms with van der Waals surface area (Å²) in [6.07, 6.45) is 3.10. The summed E-state index contributed by atoms with van der Waals surface area (Å²) in [5, 5.41) is 9.57. The summed E-state index contributed by atoms with van der Waals surface area (Å²) in [4.78, 5) is 27.6. The van der Waals surface area contributed by atoms with Gasteiger partial charge >= 0.3 is 0 Å². The van der Waals surface area contributed by atoms with Crippen molar-refractivity contribution in [1.82, 2.24) is 25.4 Å². The quantitative estimate of drug-likeness (QED) is 0.872. The molecule has 1 atom stereocenters. The van der Waals surface area contributed by atoms with Gasteiger partial charge in [0.2, 0.25) is 11.8 Å². The van der Waals surface area contributed by atoms with E-state index in [1.54, 1.807) is 31.8 Å². The van der Waals surface area contributed by atoms with Crippen LogP contribution < -0.4 is 10.6 Å². The van der Waals surface area contributed by atoms with Crippen LogP contribution in [0.1, 0.15) is 39.3 Å². The molecule has 128 valence electrons. The summed E-state index contributed by atoms with van der Waals surface area (Å²) in [6, 6.07) is 7.52. The van der Waals surface area contributed by atoms with E-state index in [0.717, 1.165) is 11.3 Å². The monoisotopic (exact) mass is 329 g/mol.